The minimum atomic E-state index is -0.890. The van der Waals surface area contributed by atoms with Gasteiger partial charge in [-0.1, -0.05) is 18.2 Å². The molecule has 25 heavy (non-hydrogen) atoms. The van der Waals surface area contributed by atoms with Gasteiger partial charge in [-0.2, -0.15) is 0 Å². The van der Waals surface area contributed by atoms with Gasteiger partial charge in [-0.3, -0.25) is 10.1 Å². The van der Waals surface area contributed by atoms with Crippen LogP contribution in [0, 0.1) is 10.1 Å². The molecular weight excluding hydrogens is 326 g/mol. The molecule has 0 amide bonds. The monoisotopic (exact) mass is 343 g/mol. The molecule has 0 aromatic heterocycles. The Morgan fingerprint density at radius 2 is 1.68 bits per heavy atom. The molecule has 0 bridgehead atoms. The van der Waals surface area contributed by atoms with Gasteiger partial charge in [0.15, 0.2) is 11.5 Å². The van der Waals surface area contributed by atoms with Crippen molar-refractivity contribution in [3.8, 4) is 23.0 Å². The van der Waals surface area contributed by atoms with Gasteiger partial charge in [-0.15, -0.1) is 0 Å². The predicted molar refractivity (Wildman–Crippen MR) is 90.9 cm³/mol. The average Bonchev–Trinajstić information content (AvgIpc) is 2.65. The van der Waals surface area contributed by atoms with Crippen LogP contribution >= 0.6 is 0 Å². The Morgan fingerprint density at radius 1 is 1.04 bits per heavy atom. The minimum absolute atomic E-state index is 0.0621. The maximum Gasteiger partial charge on any atom is 0.291 e. The molecular formula is C18H17NO6. The van der Waals surface area contributed by atoms with Crippen molar-refractivity contribution in [3.63, 3.8) is 0 Å². The van der Waals surface area contributed by atoms with E-state index in [1.807, 2.05) is 6.07 Å². The van der Waals surface area contributed by atoms with Gasteiger partial charge in [-0.25, -0.2) is 0 Å². The fourth-order valence-electron chi connectivity index (χ4n) is 2.77. The first-order valence-electron chi connectivity index (χ1n) is 7.50. The van der Waals surface area contributed by atoms with Crippen molar-refractivity contribution in [2.75, 3.05) is 21.3 Å². The van der Waals surface area contributed by atoms with Crippen molar-refractivity contribution in [1.29, 1.82) is 0 Å². The smallest absolute Gasteiger partial charge is 0.291 e. The fraction of sp³-hybridized carbons (Fsp3) is 0.222. The first kappa shape index (κ1) is 16.6. The highest BCUT2D eigenvalue weighted by molar-refractivity contribution is 5.63. The Balaban J connectivity index is 2.14. The number of ether oxygens (including phenoxy) is 4. The van der Waals surface area contributed by atoms with Crippen LogP contribution in [0.25, 0.3) is 6.08 Å². The van der Waals surface area contributed by atoms with Crippen molar-refractivity contribution in [2.24, 2.45) is 0 Å². The highest BCUT2D eigenvalue weighted by Gasteiger charge is 2.34. The van der Waals surface area contributed by atoms with Gasteiger partial charge in [0.05, 0.1) is 26.3 Å². The molecule has 0 saturated carbocycles. The number of hydrogen-bond donors (Lipinski definition) is 0. The minimum Gasteiger partial charge on any atom is -0.493 e. The summed E-state index contributed by atoms with van der Waals surface area (Å²) in [6.45, 7) is 0. The van der Waals surface area contributed by atoms with E-state index in [4.69, 9.17) is 18.9 Å². The van der Waals surface area contributed by atoms with Crippen molar-refractivity contribution in [1.82, 2.24) is 0 Å². The quantitative estimate of drug-likeness (QED) is 0.611. The van der Waals surface area contributed by atoms with Gasteiger partial charge in [-0.05, 0) is 18.2 Å². The van der Waals surface area contributed by atoms with E-state index in [0.29, 0.717) is 34.1 Å². The lowest BCUT2D eigenvalue weighted by Crippen LogP contribution is -2.20. The normalized spacial score (nSPS) is 15.5. The van der Waals surface area contributed by atoms with Gasteiger partial charge in [0.25, 0.3) is 5.70 Å². The maximum absolute atomic E-state index is 11.6. The molecule has 0 radical (unpaired) electrons. The second-order valence-electron chi connectivity index (χ2n) is 5.32. The summed E-state index contributed by atoms with van der Waals surface area (Å²) in [5, 5.41) is 11.6. The van der Waals surface area contributed by atoms with Gasteiger partial charge in [0.2, 0.25) is 11.9 Å². The average molecular weight is 343 g/mol. The van der Waals surface area contributed by atoms with Gasteiger partial charge < -0.3 is 18.9 Å². The Bertz CT molecular complexity index is 820. The second-order valence-corrected chi connectivity index (χ2v) is 5.32. The molecule has 0 saturated heterocycles. The number of rotatable bonds is 5. The van der Waals surface area contributed by atoms with Gasteiger partial charge >= 0.3 is 0 Å². The molecule has 7 nitrogen and oxygen atoms in total. The van der Waals surface area contributed by atoms with E-state index in [1.54, 1.807) is 30.3 Å². The molecule has 0 unspecified atom stereocenters. The molecule has 130 valence electrons. The van der Waals surface area contributed by atoms with Gasteiger partial charge in [0, 0.05) is 17.2 Å². The fourth-order valence-corrected chi connectivity index (χ4v) is 2.77. The first-order chi connectivity index (χ1) is 12.1. The zero-order valence-corrected chi connectivity index (χ0v) is 14.0. The van der Waals surface area contributed by atoms with Crippen LogP contribution in [-0.4, -0.2) is 26.3 Å². The third kappa shape index (κ3) is 2.96. The lowest BCUT2D eigenvalue weighted by molar-refractivity contribution is -0.434. The molecule has 0 spiro atoms. The van der Waals surface area contributed by atoms with Crippen molar-refractivity contribution >= 4 is 6.08 Å². The highest BCUT2D eigenvalue weighted by Crippen LogP contribution is 2.44. The van der Waals surface area contributed by atoms with Crippen molar-refractivity contribution in [3.05, 3.63) is 63.3 Å². The van der Waals surface area contributed by atoms with Crippen molar-refractivity contribution in [2.45, 2.75) is 6.10 Å². The van der Waals surface area contributed by atoms with Crippen LogP contribution in [0.15, 0.2) is 42.1 Å². The van der Waals surface area contributed by atoms with E-state index in [2.05, 4.69) is 0 Å². The summed E-state index contributed by atoms with van der Waals surface area (Å²) in [6.07, 6.45) is 0.630. The van der Waals surface area contributed by atoms with E-state index in [0.717, 1.165) is 0 Å². The Labute approximate surface area is 144 Å². The lowest BCUT2D eigenvalue weighted by atomic mass is 10.00. The summed E-state index contributed by atoms with van der Waals surface area (Å²) >= 11 is 0. The summed E-state index contributed by atoms with van der Waals surface area (Å²) in [5.74, 6) is 1.80. The third-order valence-corrected chi connectivity index (χ3v) is 3.94. The van der Waals surface area contributed by atoms with E-state index in [1.165, 1.54) is 27.4 Å². The zero-order valence-electron chi connectivity index (χ0n) is 14.0. The molecule has 7 heteroatoms. The van der Waals surface area contributed by atoms with Crippen LogP contribution in [0.2, 0.25) is 0 Å². The zero-order chi connectivity index (χ0) is 18.0. The number of methoxy groups -OCH3 is 3. The lowest BCUT2D eigenvalue weighted by Gasteiger charge is -2.24. The van der Waals surface area contributed by atoms with Crippen LogP contribution in [-0.2, 0) is 0 Å². The first-order valence-corrected chi connectivity index (χ1v) is 7.50. The Kier molecular flexibility index (Phi) is 4.47. The van der Waals surface area contributed by atoms with Crippen LogP contribution < -0.4 is 18.9 Å². The largest absolute Gasteiger partial charge is 0.493 e. The SMILES string of the molecule is COc1cc([C@@H]2Oc3ccccc3C=C2[N+](=O)[O-])cc(OC)c1OC. The van der Waals surface area contributed by atoms with E-state index < -0.39 is 11.0 Å². The molecule has 1 aliphatic rings. The molecule has 0 N–H and O–H groups in total. The van der Waals surface area contributed by atoms with E-state index in [-0.39, 0.29) is 5.70 Å². The van der Waals surface area contributed by atoms with Crippen LogP contribution in [0.5, 0.6) is 23.0 Å². The highest BCUT2D eigenvalue weighted by atomic mass is 16.6. The summed E-state index contributed by atoms with van der Waals surface area (Å²) < 4.78 is 21.8. The number of hydrogen-bond acceptors (Lipinski definition) is 6. The Morgan fingerprint density at radius 3 is 2.24 bits per heavy atom. The molecule has 3 rings (SSSR count). The molecule has 1 atom stereocenters. The standard InChI is InChI=1S/C18H17NO6/c1-22-15-9-12(10-16(23-2)18(15)24-3)17-13(19(20)21)8-11-6-4-5-7-14(11)25-17/h4-10,17H,1-3H3/t17-/m0/s1. The molecule has 2 aromatic rings. The number of nitrogens with zero attached hydrogens (tertiary/aromatic N) is 1. The van der Waals surface area contributed by atoms with Gasteiger partial charge in [0.1, 0.15) is 5.75 Å². The molecule has 1 heterocycles. The van der Waals surface area contributed by atoms with Crippen LogP contribution in [0.1, 0.15) is 17.2 Å². The number of nitro groups is 1. The molecule has 0 aliphatic carbocycles. The summed E-state index contributed by atoms with van der Waals surface area (Å²) in [7, 11) is 4.47. The number of benzene rings is 2. The topological polar surface area (TPSA) is 80.1 Å². The molecule has 2 aromatic carbocycles. The van der Waals surface area contributed by atoms with E-state index in [9.17, 15) is 10.1 Å². The molecule has 1 aliphatic heterocycles. The van der Waals surface area contributed by atoms with Crippen LogP contribution in [0.3, 0.4) is 0 Å². The summed E-state index contributed by atoms with van der Waals surface area (Å²) in [4.78, 5) is 11.1. The predicted octanol–water partition coefficient (Wildman–Crippen LogP) is 3.46. The van der Waals surface area contributed by atoms with Crippen molar-refractivity contribution < 1.29 is 23.9 Å². The number of fused-ring (bicyclic) bond motifs is 1. The molecule has 0 fully saturated rings. The third-order valence-electron chi connectivity index (χ3n) is 3.94. The maximum atomic E-state index is 11.6. The number of para-hydroxylation sites is 1. The summed E-state index contributed by atoms with van der Waals surface area (Å²) in [6, 6.07) is 10.5. The Hall–Kier alpha value is -3.22. The summed E-state index contributed by atoms with van der Waals surface area (Å²) in [5.41, 5.74) is 1.14. The second kappa shape index (κ2) is 6.72. The van der Waals surface area contributed by atoms with Crippen LogP contribution in [0.4, 0.5) is 0 Å². The van der Waals surface area contributed by atoms with E-state index >= 15 is 0 Å².